The molecule has 8 nitrogen and oxygen atoms in total. The van der Waals surface area contributed by atoms with Gasteiger partial charge in [-0.15, -0.1) is 0 Å². The fraction of sp³-hybridized carbons (Fsp3) is 0.350. The van der Waals surface area contributed by atoms with E-state index in [-0.39, 0.29) is 17.5 Å². The van der Waals surface area contributed by atoms with E-state index in [1.54, 1.807) is 35.8 Å². The van der Waals surface area contributed by atoms with Crippen molar-refractivity contribution in [2.75, 3.05) is 32.5 Å². The van der Waals surface area contributed by atoms with Gasteiger partial charge in [-0.1, -0.05) is 6.07 Å². The number of nitrogens with zero attached hydrogens (tertiary/aromatic N) is 3. The molecule has 2 heterocycles. The second kappa shape index (κ2) is 8.16. The molecule has 1 fully saturated rings. The van der Waals surface area contributed by atoms with Gasteiger partial charge < -0.3 is 20.9 Å². The van der Waals surface area contributed by atoms with Crippen molar-refractivity contribution in [1.82, 2.24) is 14.4 Å². The maximum atomic E-state index is 12.3. The third kappa shape index (κ3) is 4.16. The molecule has 2 unspecified atom stereocenters. The summed E-state index contributed by atoms with van der Waals surface area (Å²) in [7, 11) is 3.32. The molecular weight excluding hydrogens is 358 g/mol. The first-order valence-electron chi connectivity index (χ1n) is 9.16. The zero-order valence-corrected chi connectivity index (χ0v) is 16.0. The molecule has 1 aliphatic rings. The predicted molar refractivity (Wildman–Crippen MR) is 107 cm³/mol. The molecule has 3 N–H and O–H groups in total. The smallest absolute Gasteiger partial charge is 0.320 e. The van der Waals surface area contributed by atoms with E-state index < -0.39 is 11.9 Å². The number of hydrogen-bond acceptors (Lipinski definition) is 4. The van der Waals surface area contributed by atoms with E-state index in [2.05, 4.69) is 5.32 Å². The van der Waals surface area contributed by atoms with Gasteiger partial charge in [0, 0.05) is 50.8 Å². The minimum Gasteiger partial charge on any atom is -0.385 e. The van der Waals surface area contributed by atoms with Crippen molar-refractivity contribution in [2.45, 2.75) is 12.5 Å². The number of aromatic nitrogens is 1. The fourth-order valence-corrected chi connectivity index (χ4v) is 3.45. The lowest BCUT2D eigenvalue weighted by atomic mass is 10.1. The van der Waals surface area contributed by atoms with Crippen LogP contribution in [0.5, 0.6) is 0 Å². The average molecular weight is 383 g/mol. The van der Waals surface area contributed by atoms with Crippen LogP contribution in [-0.2, 0) is 4.79 Å². The lowest BCUT2D eigenvalue weighted by Crippen LogP contribution is -2.47. The highest BCUT2D eigenvalue weighted by atomic mass is 16.2. The number of carbonyl (C=O) groups excluding carboxylic acids is 2. The zero-order chi connectivity index (χ0) is 20.3. The first kappa shape index (κ1) is 19.5. The highest BCUT2D eigenvalue weighted by Crippen LogP contribution is 2.25. The van der Waals surface area contributed by atoms with E-state index >= 15 is 0 Å². The summed E-state index contributed by atoms with van der Waals surface area (Å²) in [6, 6.07) is 11.8. The van der Waals surface area contributed by atoms with Crippen LogP contribution < -0.4 is 16.6 Å². The number of rotatable bonds is 5. The Kier molecular flexibility index (Phi) is 5.67. The first-order valence-corrected chi connectivity index (χ1v) is 9.16. The summed E-state index contributed by atoms with van der Waals surface area (Å²) < 4.78 is 1.57. The summed E-state index contributed by atoms with van der Waals surface area (Å²) in [4.78, 5) is 38.9. The van der Waals surface area contributed by atoms with Crippen LogP contribution in [0.2, 0.25) is 0 Å². The molecule has 28 heavy (non-hydrogen) atoms. The van der Waals surface area contributed by atoms with Crippen LogP contribution in [-0.4, -0.2) is 59.5 Å². The molecule has 1 aromatic heterocycles. The normalized spacial score (nSPS) is 18.7. The van der Waals surface area contributed by atoms with Gasteiger partial charge in [0.2, 0.25) is 5.91 Å². The molecule has 0 radical (unpaired) electrons. The maximum Gasteiger partial charge on any atom is 0.320 e. The minimum absolute atomic E-state index is 0.0858. The van der Waals surface area contributed by atoms with Crippen molar-refractivity contribution in [2.24, 2.45) is 11.7 Å². The summed E-state index contributed by atoms with van der Waals surface area (Å²) in [5.41, 5.74) is 7.08. The van der Waals surface area contributed by atoms with Gasteiger partial charge in [-0.25, -0.2) is 4.79 Å². The van der Waals surface area contributed by atoms with Crippen LogP contribution in [0.3, 0.4) is 0 Å². The quantitative estimate of drug-likeness (QED) is 0.808. The Morgan fingerprint density at radius 1 is 1.18 bits per heavy atom. The summed E-state index contributed by atoms with van der Waals surface area (Å²) in [6.07, 6.45) is 2.27. The molecule has 0 saturated carbocycles. The molecule has 1 aromatic carbocycles. The molecule has 1 aliphatic heterocycles. The Balaban J connectivity index is 1.63. The predicted octanol–water partition coefficient (Wildman–Crippen LogP) is 1.11. The first-order chi connectivity index (χ1) is 13.4. The Morgan fingerprint density at radius 3 is 2.50 bits per heavy atom. The second-order valence-corrected chi connectivity index (χ2v) is 7.19. The Hall–Kier alpha value is -3.29. The van der Waals surface area contributed by atoms with E-state index in [0.29, 0.717) is 19.5 Å². The van der Waals surface area contributed by atoms with E-state index in [1.165, 1.54) is 11.0 Å². The number of urea groups is 1. The van der Waals surface area contributed by atoms with Gasteiger partial charge in [0.05, 0.1) is 0 Å². The molecule has 3 amide bonds. The van der Waals surface area contributed by atoms with Gasteiger partial charge in [0.1, 0.15) is 6.04 Å². The van der Waals surface area contributed by atoms with Gasteiger partial charge in [-0.05, 0) is 42.7 Å². The molecular formula is C20H25N5O3. The molecule has 2 atom stereocenters. The highest BCUT2D eigenvalue weighted by molar-refractivity contribution is 5.86. The summed E-state index contributed by atoms with van der Waals surface area (Å²) in [6.45, 7) is 1.10. The lowest BCUT2D eigenvalue weighted by Gasteiger charge is -2.25. The Labute approximate surface area is 163 Å². The molecule has 0 bridgehead atoms. The van der Waals surface area contributed by atoms with Crippen LogP contribution in [0, 0.1) is 5.92 Å². The Morgan fingerprint density at radius 2 is 1.89 bits per heavy atom. The van der Waals surface area contributed by atoms with Crippen molar-refractivity contribution in [3.05, 3.63) is 59.0 Å². The number of pyridine rings is 1. The lowest BCUT2D eigenvalue weighted by molar-refractivity contribution is -0.121. The van der Waals surface area contributed by atoms with Crippen molar-refractivity contribution < 1.29 is 9.59 Å². The summed E-state index contributed by atoms with van der Waals surface area (Å²) >= 11 is 0. The fourth-order valence-electron chi connectivity index (χ4n) is 3.45. The van der Waals surface area contributed by atoms with Gasteiger partial charge >= 0.3 is 6.03 Å². The highest BCUT2D eigenvalue weighted by Gasteiger charge is 2.38. The molecule has 8 heteroatoms. The van der Waals surface area contributed by atoms with Crippen LogP contribution >= 0.6 is 0 Å². The number of primary amides is 1. The standard InChI is InChI=1S/C20H25N5O3/c1-23(2)20(28)25-13-14(11-17(25)19(21)27)12-22-15-6-8-16(9-7-15)24-10-4-3-5-18(24)26/h3-10,14,17,22H,11-13H2,1-2H3,(H2,21,27). The van der Waals surface area contributed by atoms with E-state index in [4.69, 9.17) is 5.73 Å². The third-order valence-corrected chi connectivity index (χ3v) is 4.91. The third-order valence-electron chi connectivity index (χ3n) is 4.91. The van der Waals surface area contributed by atoms with Crippen LogP contribution in [0.25, 0.3) is 5.69 Å². The number of benzene rings is 1. The topological polar surface area (TPSA) is 101 Å². The number of nitrogens with one attached hydrogen (secondary N) is 1. The number of likely N-dealkylation sites (tertiary alicyclic amines) is 1. The molecule has 0 aliphatic carbocycles. The zero-order valence-electron chi connectivity index (χ0n) is 16.0. The van der Waals surface area contributed by atoms with Crippen molar-refractivity contribution in [3.8, 4) is 5.69 Å². The summed E-state index contributed by atoms with van der Waals surface area (Å²) in [5, 5.41) is 3.34. The average Bonchev–Trinajstić information content (AvgIpc) is 3.11. The van der Waals surface area contributed by atoms with E-state index in [9.17, 15) is 14.4 Å². The van der Waals surface area contributed by atoms with Gasteiger partial charge in [-0.2, -0.15) is 0 Å². The number of nitrogens with two attached hydrogens (primary N) is 1. The second-order valence-electron chi connectivity index (χ2n) is 7.19. The number of amides is 3. The summed E-state index contributed by atoms with van der Waals surface area (Å²) in [5.74, 6) is -0.354. The van der Waals surface area contributed by atoms with Crippen molar-refractivity contribution >= 4 is 17.6 Å². The van der Waals surface area contributed by atoms with Crippen LogP contribution in [0.1, 0.15) is 6.42 Å². The van der Waals surface area contributed by atoms with Gasteiger partial charge in [-0.3, -0.25) is 14.2 Å². The van der Waals surface area contributed by atoms with E-state index in [1.807, 2.05) is 30.3 Å². The van der Waals surface area contributed by atoms with Gasteiger partial charge in [0.15, 0.2) is 0 Å². The minimum atomic E-state index is -0.575. The number of anilines is 1. The molecule has 0 spiro atoms. The van der Waals surface area contributed by atoms with Crippen molar-refractivity contribution in [3.63, 3.8) is 0 Å². The molecule has 1 saturated heterocycles. The van der Waals surface area contributed by atoms with Crippen LogP contribution in [0.4, 0.5) is 10.5 Å². The largest absolute Gasteiger partial charge is 0.385 e. The monoisotopic (exact) mass is 383 g/mol. The van der Waals surface area contributed by atoms with Crippen molar-refractivity contribution in [1.29, 1.82) is 0 Å². The van der Waals surface area contributed by atoms with Gasteiger partial charge in [0.25, 0.3) is 5.56 Å². The Bertz CT molecular complexity index is 907. The van der Waals surface area contributed by atoms with Crippen LogP contribution in [0.15, 0.2) is 53.5 Å². The maximum absolute atomic E-state index is 12.3. The SMILES string of the molecule is CN(C)C(=O)N1CC(CNc2ccc(-n3ccccc3=O)cc2)CC1C(N)=O. The molecule has 2 aromatic rings. The number of hydrogen-bond donors (Lipinski definition) is 2. The molecule has 148 valence electrons. The van der Waals surface area contributed by atoms with E-state index in [0.717, 1.165) is 11.4 Å². The molecule has 3 rings (SSSR count). The number of carbonyl (C=O) groups is 2.